The summed E-state index contributed by atoms with van der Waals surface area (Å²) < 4.78 is 18.4. The highest BCUT2D eigenvalue weighted by molar-refractivity contribution is 9.10. The van der Waals surface area contributed by atoms with Crippen molar-refractivity contribution >= 4 is 15.9 Å². The highest BCUT2D eigenvalue weighted by Gasteiger charge is 2.13. The van der Waals surface area contributed by atoms with Gasteiger partial charge >= 0.3 is 0 Å². The largest absolute Gasteiger partial charge is 0.495 e. The molecule has 4 heteroatoms. The van der Waals surface area contributed by atoms with Gasteiger partial charge < -0.3 is 9.84 Å². The maximum atomic E-state index is 12.9. The monoisotopic (exact) mass is 248 g/mol. The van der Waals surface area contributed by atoms with E-state index in [9.17, 15) is 9.50 Å². The molecule has 0 aliphatic heterocycles. The Bertz CT molecular complexity index is 313. The van der Waals surface area contributed by atoms with Crippen LogP contribution in [0.5, 0.6) is 5.75 Å². The van der Waals surface area contributed by atoms with E-state index in [4.69, 9.17) is 4.74 Å². The molecule has 0 amide bonds. The fraction of sp³-hybridized carbons (Fsp3) is 0.333. The van der Waals surface area contributed by atoms with Gasteiger partial charge in [0.25, 0.3) is 0 Å². The van der Waals surface area contributed by atoms with E-state index in [-0.39, 0.29) is 0 Å². The fourth-order valence-corrected chi connectivity index (χ4v) is 1.72. The molecule has 0 spiro atoms. The molecule has 1 aromatic rings. The number of methoxy groups -OCH3 is 1. The van der Waals surface area contributed by atoms with Crippen LogP contribution in [-0.4, -0.2) is 12.2 Å². The number of hydrogen-bond donors (Lipinski definition) is 1. The lowest BCUT2D eigenvalue weighted by Crippen LogP contribution is -1.98. The van der Waals surface area contributed by atoms with Crippen molar-refractivity contribution in [1.29, 1.82) is 0 Å². The van der Waals surface area contributed by atoms with E-state index >= 15 is 0 Å². The van der Waals surface area contributed by atoms with Crippen LogP contribution < -0.4 is 4.74 Å². The van der Waals surface area contributed by atoms with Crippen LogP contribution in [0.2, 0.25) is 0 Å². The van der Waals surface area contributed by atoms with E-state index in [2.05, 4.69) is 15.9 Å². The highest BCUT2D eigenvalue weighted by Crippen LogP contribution is 2.33. The Labute approximate surface area is 84.5 Å². The lowest BCUT2D eigenvalue weighted by Gasteiger charge is -2.12. The second kappa shape index (κ2) is 4.07. The van der Waals surface area contributed by atoms with Gasteiger partial charge in [0.1, 0.15) is 11.6 Å². The Kier molecular flexibility index (Phi) is 3.27. The van der Waals surface area contributed by atoms with Gasteiger partial charge in [-0.15, -0.1) is 0 Å². The van der Waals surface area contributed by atoms with Crippen LogP contribution in [0.15, 0.2) is 16.6 Å². The molecule has 0 bridgehead atoms. The summed E-state index contributed by atoms with van der Waals surface area (Å²) in [5.74, 6) is 0.0694. The van der Waals surface area contributed by atoms with Crippen molar-refractivity contribution in [3.63, 3.8) is 0 Å². The van der Waals surface area contributed by atoms with Crippen molar-refractivity contribution in [2.24, 2.45) is 0 Å². The molecule has 1 rings (SSSR count). The lowest BCUT2D eigenvalue weighted by molar-refractivity contribution is 0.193. The Hall–Kier alpha value is -0.610. The Morgan fingerprint density at radius 2 is 2.15 bits per heavy atom. The van der Waals surface area contributed by atoms with Crippen LogP contribution in [0.3, 0.4) is 0 Å². The van der Waals surface area contributed by atoms with Crippen molar-refractivity contribution in [2.45, 2.75) is 13.0 Å². The van der Waals surface area contributed by atoms with Crippen LogP contribution in [0.1, 0.15) is 18.6 Å². The molecule has 0 saturated carbocycles. The van der Waals surface area contributed by atoms with Crippen molar-refractivity contribution < 1.29 is 14.2 Å². The van der Waals surface area contributed by atoms with Crippen LogP contribution in [0.25, 0.3) is 0 Å². The topological polar surface area (TPSA) is 29.5 Å². The first kappa shape index (κ1) is 10.5. The van der Waals surface area contributed by atoms with Gasteiger partial charge in [0.15, 0.2) is 0 Å². The molecule has 0 radical (unpaired) electrons. The molecule has 1 unspecified atom stereocenters. The minimum Gasteiger partial charge on any atom is -0.495 e. The molecule has 13 heavy (non-hydrogen) atoms. The lowest BCUT2D eigenvalue weighted by atomic mass is 10.1. The maximum Gasteiger partial charge on any atom is 0.139 e. The predicted octanol–water partition coefficient (Wildman–Crippen LogP) is 2.65. The number of aliphatic hydroxyl groups excluding tert-OH is 1. The minimum absolute atomic E-state index is 0.399. The molecule has 0 aromatic heterocycles. The zero-order chi connectivity index (χ0) is 10.0. The Balaban J connectivity index is 3.29. The summed E-state index contributed by atoms with van der Waals surface area (Å²) in [6.45, 7) is 1.56. The molecule has 0 aliphatic rings. The summed E-state index contributed by atoms with van der Waals surface area (Å²) >= 11 is 3.15. The third kappa shape index (κ3) is 2.19. The summed E-state index contributed by atoms with van der Waals surface area (Å²) in [7, 11) is 1.48. The third-order valence-corrected chi connectivity index (χ3v) is 2.28. The van der Waals surface area contributed by atoms with Crippen LogP contribution in [-0.2, 0) is 0 Å². The number of rotatable bonds is 2. The van der Waals surface area contributed by atoms with Crippen molar-refractivity contribution in [1.82, 2.24) is 0 Å². The minimum atomic E-state index is -0.748. The van der Waals surface area contributed by atoms with Gasteiger partial charge in [0, 0.05) is 5.56 Å². The van der Waals surface area contributed by atoms with Gasteiger partial charge in [-0.1, -0.05) is 0 Å². The first-order chi connectivity index (χ1) is 6.06. The van der Waals surface area contributed by atoms with E-state index in [1.807, 2.05) is 0 Å². The van der Waals surface area contributed by atoms with Gasteiger partial charge in [0.05, 0.1) is 17.7 Å². The smallest absolute Gasteiger partial charge is 0.139 e. The molecule has 0 fully saturated rings. The molecule has 2 nitrogen and oxygen atoms in total. The van der Waals surface area contributed by atoms with Crippen molar-refractivity contribution in [2.75, 3.05) is 7.11 Å². The normalized spacial score (nSPS) is 12.7. The Morgan fingerprint density at radius 1 is 1.54 bits per heavy atom. The van der Waals surface area contributed by atoms with Gasteiger partial charge in [0.2, 0.25) is 0 Å². The molecular weight excluding hydrogens is 239 g/mol. The number of ether oxygens (including phenoxy) is 1. The van der Waals surface area contributed by atoms with E-state index in [0.29, 0.717) is 15.8 Å². The predicted molar refractivity (Wildman–Crippen MR) is 51.3 cm³/mol. The average molecular weight is 249 g/mol. The summed E-state index contributed by atoms with van der Waals surface area (Å²) in [6.07, 6.45) is -0.748. The molecule has 0 saturated heterocycles. The molecule has 1 atom stereocenters. The first-order valence-electron chi connectivity index (χ1n) is 3.77. The summed E-state index contributed by atoms with van der Waals surface area (Å²) in [5.41, 5.74) is 0.439. The molecule has 0 heterocycles. The summed E-state index contributed by atoms with van der Waals surface area (Å²) in [5, 5.41) is 9.32. The van der Waals surface area contributed by atoms with Gasteiger partial charge in [-0.25, -0.2) is 4.39 Å². The Morgan fingerprint density at radius 3 is 2.62 bits per heavy atom. The standard InChI is InChI=1S/C9H10BrFO2/c1-5(12)7-3-6(11)4-8(10)9(7)13-2/h3-5,12H,1-2H3. The van der Waals surface area contributed by atoms with E-state index in [0.717, 1.165) is 0 Å². The number of hydrogen-bond acceptors (Lipinski definition) is 2. The van der Waals surface area contributed by atoms with Gasteiger partial charge in [-0.2, -0.15) is 0 Å². The number of aliphatic hydroxyl groups is 1. The molecule has 72 valence electrons. The second-order valence-corrected chi connectivity index (χ2v) is 3.54. The molecule has 0 aliphatic carbocycles. The maximum absolute atomic E-state index is 12.9. The molecule has 1 aromatic carbocycles. The van der Waals surface area contributed by atoms with Gasteiger partial charge in [-0.3, -0.25) is 0 Å². The van der Waals surface area contributed by atoms with Crippen LogP contribution in [0.4, 0.5) is 4.39 Å². The quantitative estimate of drug-likeness (QED) is 0.873. The fourth-order valence-electron chi connectivity index (χ4n) is 1.11. The third-order valence-electron chi connectivity index (χ3n) is 1.69. The number of benzene rings is 1. The summed E-state index contributed by atoms with van der Waals surface area (Å²) in [6, 6.07) is 2.55. The van der Waals surface area contributed by atoms with Crippen LogP contribution in [0, 0.1) is 5.82 Å². The van der Waals surface area contributed by atoms with Crippen LogP contribution >= 0.6 is 15.9 Å². The highest BCUT2D eigenvalue weighted by atomic mass is 79.9. The average Bonchev–Trinajstić information content (AvgIpc) is 2.02. The van der Waals surface area contributed by atoms with E-state index in [1.54, 1.807) is 6.92 Å². The summed E-state index contributed by atoms with van der Waals surface area (Å²) in [4.78, 5) is 0. The zero-order valence-corrected chi connectivity index (χ0v) is 8.93. The zero-order valence-electron chi connectivity index (χ0n) is 7.34. The van der Waals surface area contributed by atoms with E-state index in [1.165, 1.54) is 19.2 Å². The SMILES string of the molecule is COc1c(Br)cc(F)cc1C(C)O. The molecule has 1 N–H and O–H groups in total. The van der Waals surface area contributed by atoms with Crippen molar-refractivity contribution in [3.05, 3.63) is 28.0 Å². The van der Waals surface area contributed by atoms with E-state index < -0.39 is 11.9 Å². The second-order valence-electron chi connectivity index (χ2n) is 2.69. The van der Waals surface area contributed by atoms with Gasteiger partial charge in [-0.05, 0) is 35.0 Å². The number of halogens is 2. The molecular formula is C9H10BrFO2. The first-order valence-corrected chi connectivity index (χ1v) is 4.56. The van der Waals surface area contributed by atoms with Crippen molar-refractivity contribution in [3.8, 4) is 5.75 Å².